The Morgan fingerprint density at radius 2 is 2.06 bits per heavy atom. The van der Waals surface area contributed by atoms with Crippen LogP contribution in [0.15, 0.2) is 23.2 Å². The second-order valence-electron chi connectivity index (χ2n) is 7.97. The molecule has 0 saturated carbocycles. The lowest BCUT2D eigenvalue weighted by molar-refractivity contribution is -0.115. The van der Waals surface area contributed by atoms with Crippen LogP contribution >= 0.6 is 46.0 Å². The molecule has 0 aliphatic heterocycles. The molecule has 36 heavy (non-hydrogen) atoms. The van der Waals surface area contributed by atoms with Crippen molar-refractivity contribution in [2.45, 2.75) is 39.2 Å². The number of rotatable bonds is 8. The first-order valence-electron chi connectivity index (χ1n) is 11.4. The average Bonchev–Trinajstić information content (AvgIpc) is 3.36. The average molecular weight is 562 g/mol. The SMILES string of the molecule is C#CCn1c(=NC(=O)CSCC(=O)Nc2sc3c(c2C(=O)OCC)CCCC3)sc2cc(Cl)ccc21. The molecule has 0 radical (unpaired) electrons. The smallest absolute Gasteiger partial charge is 0.341 e. The van der Waals surface area contributed by atoms with Crippen molar-refractivity contribution in [2.24, 2.45) is 4.99 Å². The first-order valence-corrected chi connectivity index (χ1v) is 14.6. The number of terminal acetylenes is 1. The Hall–Kier alpha value is -2.58. The van der Waals surface area contributed by atoms with Crippen LogP contribution in [0.1, 0.15) is 40.6 Å². The minimum atomic E-state index is -0.404. The highest BCUT2D eigenvalue weighted by Gasteiger charge is 2.27. The van der Waals surface area contributed by atoms with Crippen molar-refractivity contribution in [3.63, 3.8) is 0 Å². The minimum absolute atomic E-state index is 0.0319. The van der Waals surface area contributed by atoms with E-state index in [4.69, 9.17) is 22.8 Å². The predicted octanol–water partition coefficient (Wildman–Crippen LogP) is 4.91. The second-order valence-corrected chi connectivity index (χ2v) is 11.5. The van der Waals surface area contributed by atoms with Crippen molar-refractivity contribution in [1.82, 2.24) is 4.57 Å². The van der Waals surface area contributed by atoms with E-state index in [1.165, 1.54) is 22.7 Å². The van der Waals surface area contributed by atoms with Gasteiger partial charge in [-0.15, -0.1) is 29.5 Å². The van der Waals surface area contributed by atoms with Gasteiger partial charge in [0.05, 0.1) is 40.4 Å². The lowest BCUT2D eigenvalue weighted by Gasteiger charge is -2.12. The summed E-state index contributed by atoms with van der Waals surface area (Å²) in [6, 6.07) is 5.42. The molecule has 0 bridgehead atoms. The van der Waals surface area contributed by atoms with Crippen LogP contribution in [0.4, 0.5) is 5.00 Å². The van der Waals surface area contributed by atoms with Crippen molar-refractivity contribution >= 4 is 79.0 Å². The zero-order valence-electron chi connectivity index (χ0n) is 19.6. The highest BCUT2D eigenvalue weighted by atomic mass is 35.5. The second kappa shape index (κ2) is 12.1. The Kier molecular flexibility index (Phi) is 8.90. The number of thiophene rings is 1. The van der Waals surface area contributed by atoms with E-state index in [0.29, 0.717) is 20.4 Å². The number of halogens is 1. The molecule has 7 nitrogen and oxygen atoms in total. The molecule has 11 heteroatoms. The third-order valence-corrected chi connectivity index (χ3v) is 8.88. The zero-order valence-corrected chi connectivity index (χ0v) is 22.8. The van der Waals surface area contributed by atoms with Gasteiger partial charge in [-0.1, -0.05) is 28.9 Å². The summed E-state index contributed by atoms with van der Waals surface area (Å²) >= 11 is 10.0. The predicted molar refractivity (Wildman–Crippen MR) is 147 cm³/mol. The van der Waals surface area contributed by atoms with Gasteiger partial charge in [0.15, 0.2) is 4.80 Å². The van der Waals surface area contributed by atoms with Gasteiger partial charge in [0, 0.05) is 9.90 Å². The van der Waals surface area contributed by atoms with E-state index < -0.39 is 5.97 Å². The van der Waals surface area contributed by atoms with Gasteiger partial charge in [0.25, 0.3) is 5.91 Å². The highest BCUT2D eigenvalue weighted by Crippen LogP contribution is 2.38. The number of nitrogens with one attached hydrogen (secondary N) is 1. The third kappa shape index (κ3) is 6.03. The Labute approximate surface area is 225 Å². The fourth-order valence-corrected chi connectivity index (χ4v) is 7.20. The lowest BCUT2D eigenvalue weighted by Crippen LogP contribution is -2.19. The molecule has 1 aromatic carbocycles. The molecule has 3 aromatic rings. The van der Waals surface area contributed by atoms with Crippen LogP contribution in [0.3, 0.4) is 0 Å². The number of hydrogen-bond acceptors (Lipinski definition) is 7. The largest absolute Gasteiger partial charge is 0.462 e. The van der Waals surface area contributed by atoms with E-state index in [9.17, 15) is 14.4 Å². The standard InChI is InChI=1S/C25H24ClN3O4S3/c1-3-11-29-17-10-9-15(26)12-19(17)36-25(29)28-21(31)14-34-13-20(30)27-23-22(24(32)33-4-2)16-7-5-6-8-18(16)35-23/h1,9-10,12H,4-8,11,13-14H2,2H3,(H,27,30). The number of carbonyl (C=O) groups excluding carboxylic acids is 3. The Morgan fingerprint density at radius 3 is 2.83 bits per heavy atom. The van der Waals surface area contributed by atoms with E-state index in [2.05, 4.69) is 16.2 Å². The quantitative estimate of drug-likeness (QED) is 0.312. The fraction of sp³-hybridized carbons (Fsp3) is 0.360. The first-order chi connectivity index (χ1) is 17.4. The van der Waals surface area contributed by atoms with Gasteiger partial charge in [0.2, 0.25) is 5.91 Å². The van der Waals surface area contributed by atoms with Gasteiger partial charge in [-0.3, -0.25) is 9.59 Å². The van der Waals surface area contributed by atoms with E-state index in [1.54, 1.807) is 17.6 Å². The van der Waals surface area contributed by atoms with Crippen molar-refractivity contribution in [3.8, 4) is 12.3 Å². The van der Waals surface area contributed by atoms with Crippen LogP contribution in [0.25, 0.3) is 10.2 Å². The third-order valence-electron chi connectivity index (χ3n) is 5.48. The number of aromatic nitrogens is 1. The molecule has 2 amide bonds. The molecule has 1 aliphatic carbocycles. The molecule has 0 saturated heterocycles. The summed E-state index contributed by atoms with van der Waals surface area (Å²) in [7, 11) is 0. The minimum Gasteiger partial charge on any atom is -0.462 e. The van der Waals surface area contributed by atoms with Gasteiger partial charge in [-0.2, -0.15) is 4.99 Å². The number of anilines is 1. The normalized spacial score (nSPS) is 13.3. The summed E-state index contributed by atoms with van der Waals surface area (Å²) < 4.78 is 7.91. The van der Waals surface area contributed by atoms with E-state index >= 15 is 0 Å². The molecule has 0 atom stereocenters. The number of thioether (sulfide) groups is 1. The number of esters is 1. The molecule has 0 spiro atoms. The van der Waals surface area contributed by atoms with Crippen molar-refractivity contribution in [2.75, 3.05) is 23.4 Å². The lowest BCUT2D eigenvalue weighted by atomic mass is 9.95. The summed E-state index contributed by atoms with van der Waals surface area (Å²) in [6.07, 6.45) is 9.29. The summed E-state index contributed by atoms with van der Waals surface area (Å²) in [4.78, 5) is 43.6. The molecular formula is C25H24ClN3O4S3. The van der Waals surface area contributed by atoms with Crippen molar-refractivity contribution < 1.29 is 19.1 Å². The van der Waals surface area contributed by atoms with Crippen LogP contribution in [-0.4, -0.2) is 40.5 Å². The maximum Gasteiger partial charge on any atom is 0.341 e. The van der Waals surface area contributed by atoms with E-state index in [-0.39, 0.29) is 36.5 Å². The molecule has 0 unspecified atom stereocenters. The van der Waals surface area contributed by atoms with Gasteiger partial charge >= 0.3 is 5.97 Å². The fourth-order valence-electron chi connectivity index (χ4n) is 3.98. The number of aryl methyl sites for hydroxylation is 1. The topological polar surface area (TPSA) is 89.8 Å². The number of fused-ring (bicyclic) bond motifs is 2. The summed E-state index contributed by atoms with van der Waals surface area (Å²) in [6.45, 7) is 2.30. The number of thiazole rings is 1. The Balaban J connectivity index is 1.41. The number of nitrogens with zero attached hydrogens (tertiary/aromatic N) is 2. The van der Waals surface area contributed by atoms with E-state index in [1.807, 2.05) is 12.1 Å². The molecule has 4 rings (SSSR count). The Morgan fingerprint density at radius 1 is 1.25 bits per heavy atom. The molecule has 2 heterocycles. The number of carbonyl (C=O) groups is 3. The van der Waals surface area contributed by atoms with Crippen LogP contribution in [0, 0.1) is 12.3 Å². The number of amides is 2. The van der Waals surface area contributed by atoms with Gasteiger partial charge in [-0.25, -0.2) is 4.79 Å². The summed E-state index contributed by atoms with van der Waals surface area (Å²) in [5.41, 5.74) is 2.33. The van der Waals surface area contributed by atoms with Crippen LogP contribution < -0.4 is 10.1 Å². The summed E-state index contributed by atoms with van der Waals surface area (Å²) in [5.74, 6) is 1.62. The number of benzene rings is 1. The van der Waals surface area contributed by atoms with Gasteiger partial charge in [-0.05, 0) is 56.4 Å². The van der Waals surface area contributed by atoms with Crippen LogP contribution in [0.5, 0.6) is 0 Å². The van der Waals surface area contributed by atoms with Crippen molar-refractivity contribution in [3.05, 3.63) is 44.0 Å². The number of hydrogen-bond donors (Lipinski definition) is 1. The first kappa shape index (κ1) is 26.5. The molecule has 0 fully saturated rings. The molecular weight excluding hydrogens is 538 g/mol. The maximum atomic E-state index is 12.6. The van der Waals surface area contributed by atoms with E-state index in [0.717, 1.165) is 58.1 Å². The van der Waals surface area contributed by atoms with Gasteiger partial charge < -0.3 is 14.6 Å². The summed E-state index contributed by atoms with van der Waals surface area (Å²) in [5, 5.41) is 3.98. The monoisotopic (exact) mass is 561 g/mol. The van der Waals surface area contributed by atoms with Crippen molar-refractivity contribution in [1.29, 1.82) is 0 Å². The number of ether oxygens (including phenoxy) is 1. The zero-order chi connectivity index (χ0) is 25.7. The van der Waals surface area contributed by atoms with Crippen LogP contribution in [0.2, 0.25) is 5.02 Å². The maximum absolute atomic E-state index is 12.6. The molecule has 1 N–H and O–H groups in total. The van der Waals surface area contributed by atoms with Crippen LogP contribution in [-0.2, 0) is 33.7 Å². The highest BCUT2D eigenvalue weighted by molar-refractivity contribution is 8.00. The molecule has 1 aliphatic rings. The van der Waals surface area contributed by atoms with Gasteiger partial charge in [0.1, 0.15) is 5.00 Å². The Bertz CT molecular complexity index is 1430. The molecule has 188 valence electrons. The molecule has 2 aromatic heterocycles.